The molecule has 26 heavy (non-hydrogen) atoms. The number of nitrogens with zero attached hydrogens (tertiary/aromatic N) is 3. The summed E-state index contributed by atoms with van der Waals surface area (Å²) in [5.41, 5.74) is 8.19. The molecule has 1 spiro atoms. The highest BCUT2D eigenvalue weighted by Crippen LogP contribution is 2.44. The quantitative estimate of drug-likeness (QED) is 0.772. The normalized spacial score (nSPS) is 21.2. The summed E-state index contributed by atoms with van der Waals surface area (Å²) in [6.45, 7) is 4.49. The fraction of sp³-hybridized carbons (Fsp3) is 0.211. The van der Waals surface area contributed by atoms with Crippen molar-refractivity contribution >= 4 is 29.2 Å². The molecule has 7 heteroatoms. The van der Waals surface area contributed by atoms with Crippen LogP contribution >= 0.6 is 0 Å². The van der Waals surface area contributed by atoms with Crippen LogP contribution in [0.5, 0.6) is 0 Å². The van der Waals surface area contributed by atoms with E-state index in [0.29, 0.717) is 12.5 Å². The van der Waals surface area contributed by atoms with Crippen LogP contribution in [0.1, 0.15) is 18.1 Å². The molecule has 132 valence electrons. The van der Waals surface area contributed by atoms with Gasteiger partial charge in [0.25, 0.3) is 11.6 Å². The standard InChI is InChI=1S/C19H20N6O/c1-3-25-15-7-5-4-6-14(15)19(16(25)26)23-17(20)22-18(24-19)21-13-10-8-12(2)9-11-13/h4-11H,3H2,1-2H3,(H4,20,21,22,23,24)/t19-/m1/s1. The number of benzene rings is 2. The van der Waals surface area contributed by atoms with Crippen molar-refractivity contribution in [2.45, 2.75) is 19.5 Å². The van der Waals surface area contributed by atoms with Gasteiger partial charge in [-0.3, -0.25) is 10.1 Å². The molecule has 2 aliphatic rings. The molecular formula is C19H20N6O. The first-order valence-corrected chi connectivity index (χ1v) is 8.51. The largest absolute Gasteiger partial charge is 0.370 e. The molecule has 2 aliphatic heterocycles. The number of hydrogen-bond donors (Lipinski definition) is 3. The minimum absolute atomic E-state index is 0.149. The third-order valence-electron chi connectivity index (χ3n) is 4.55. The number of likely N-dealkylation sites (N-methyl/N-ethyl adjacent to an activating group) is 1. The Labute approximate surface area is 151 Å². The number of hydrogen-bond acceptors (Lipinski definition) is 6. The van der Waals surface area contributed by atoms with Crippen molar-refractivity contribution in [1.82, 2.24) is 5.32 Å². The molecule has 1 amide bonds. The Balaban J connectivity index is 1.79. The van der Waals surface area contributed by atoms with Gasteiger partial charge in [-0.25, -0.2) is 9.98 Å². The summed E-state index contributed by atoms with van der Waals surface area (Å²) in [6, 6.07) is 15.4. The van der Waals surface area contributed by atoms with Crippen LogP contribution in [0.25, 0.3) is 0 Å². The molecule has 0 aliphatic carbocycles. The Kier molecular flexibility index (Phi) is 3.64. The number of rotatable bonds is 2. The van der Waals surface area contributed by atoms with Gasteiger partial charge in [0.2, 0.25) is 5.96 Å². The lowest BCUT2D eigenvalue weighted by Gasteiger charge is -2.27. The molecular weight excluding hydrogens is 328 g/mol. The summed E-state index contributed by atoms with van der Waals surface area (Å²) in [5, 5.41) is 6.09. The molecule has 4 N–H and O–H groups in total. The van der Waals surface area contributed by atoms with Crippen molar-refractivity contribution in [1.29, 1.82) is 0 Å². The summed E-state index contributed by atoms with van der Waals surface area (Å²) in [7, 11) is 0. The van der Waals surface area contributed by atoms with E-state index >= 15 is 0 Å². The van der Waals surface area contributed by atoms with Crippen molar-refractivity contribution in [3.63, 3.8) is 0 Å². The van der Waals surface area contributed by atoms with Gasteiger partial charge in [-0.05, 0) is 32.0 Å². The second kappa shape index (κ2) is 5.87. The molecule has 0 fully saturated rings. The Morgan fingerprint density at radius 2 is 1.88 bits per heavy atom. The van der Waals surface area contributed by atoms with E-state index in [-0.39, 0.29) is 11.9 Å². The third-order valence-corrected chi connectivity index (χ3v) is 4.55. The van der Waals surface area contributed by atoms with Gasteiger partial charge in [-0.2, -0.15) is 0 Å². The van der Waals surface area contributed by atoms with Gasteiger partial charge >= 0.3 is 0 Å². The van der Waals surface area contributed by atoms with Crippen LogP contribution in [0.2, 0.25) is 0 Å². The summed E-state index contributed by atoms with van der Waals surface area (Å²) < 4.78 is 0. The van der Waals surface area contributed by atoms with Gasteiger partial charge in [0, 0.05) is 17.8 Å². The smallest absolute Gasteiger partial charge is 0.282 e. The van der Waals surface area contributed by atoms with E-state index in [2.05, 4.69) is 20.6 Å². The van der Waals surface area contributed by atoms with Crippen molar-refractivity contribution < 1.29 is 4.79 Å². The van der Waals surface area contributed by atoms with Gasteiger partial charge in [-0.15, -0.1) is 0 Å². The molecule has 0 radical (unpaired) electrons. The summed E-state index contributed by atoms with van der Waals surface area (Å²) in [4.78, 5) is 23.9. The second-order valence-electron chi connectivity index (χ2n) is 6.31. The summed E-state index contributed by atoms with van der Waals surface area (Å²) in [5.74, 6) is 0.340. The number of carbonyl (C=O) groups is 1. The van der Waals surface area contributed by atoms with Gasteiger partial charge < -0.3 is 16.0 Å². The third kappa shape index (κ3) is 2.40. The Bertz CT molecular complexity index is 933. The van der Waals surface area contributed by atoms with Crippen LogP contribution in [-0.4, -0.2) is 24.4 Å². The van der Waals surface area contributed by atoms with Gasteiger partial charge in [0.05, 0.1) is 5.69 Å². The molecule has 2 aromatic rings. The maximum absolute atomic E-state index is 13.2. The molecule has 7 nitrogen and oxygen atoms in total. The average molecular weight is 348 g/mol. The zero-order valence-corrected chi connectivity index (χ0v) is 14.7. The first kappa shape index (κ1) is 16.1. The minimum Gasteiger partial charge on any atom is -0.370 e. The van der Waals surface area contributed by atoms with Gasteiger partial charge in [0.15, 0.2) is 5.96 Å². The fourth-order valence-corrected chi connectivity index (χ4v) is 3.32. The highest BCUT2D eigenvalue weighted by Gasteiger charge is 2.52. The molecule has 0 saturated carbocycles. The Morgan fingerprint density at radius 3 is 2.62 bits per heavy atom. The highest BCUT2D eigenvalue weighted by molar-refractivity contribution is 6.14. The zero-order chi connectivity index (χ0) is 18.3. The molecule has 2 aromatic carbocycles. The number of nitrogens with one attached hydrogen (secondary N) is 2. The number of aryl methyl sites for hydroxylation is 1. The number of nitrogens with two attached hydrogens (primary N) is 1. The van der Waals surface area contributed by atoms with E-state index in [9.17, 15) is 4.79 Å². The van der Waals surface area contributed by atoms with E-state index in [1.165, 1.54) is 0 Å². The number of amides is 1. The minimum atomic E-state index is -1.38. The maximum Gasteiger partial charge on any atom is 0.282 e. The lowest BCUT2D eigenvalue weighted by molar-refractivity contribution is -0.122. The number of aliphatic imine (C=N–C) groups is 2. The number of carbonyl (C=O) groups excluding carboxylic acids is 1. The molecule has 0 saturated heterocycles. The van der Waals surface area contributed by atoms with Crippen molar-refractivity contribution in [2.24, 2.45) is 15.7 Å². The van der Waals surface area contributed by atoms with E-state index in [0.717, 1.165) is 22.5 Å². The number of para-hydroxylation sites is 1. The maximum atomic E-state index is 13.2. The average Bonchev–Trinajstić information content (AvgIpc) is 2.85. The number of anilines is 2. The van der Waals surface area contributed by atoms with E-state index < -0.39 is 5.66 Å². The Morgan fingerprint density at radius 1 is 1.15 bits per heavy atom. The van der Waals surface area contributed by atoms with Crippen LogP contribution in [0, 0.1) is 6.92 Å². The highest BCUT2D eigenvalue weighted by atomic mass is 16.2. The van der Waals surface area contributed by atoms with E-state index in [1.54, 1.807) is 4.90 Å². The lowest BCUT2D eigenvalue weighted by atomic mass is 10.0. The molecule has 0 aromatic heterocycles. The first-order chi connectivity index (χ1) is 12.5. The zero-order valence-electron chi connectivity index (χ0n) is 14.7. The SMILES string of the molecule is CCN1C(=O)[C@@]2(N=C(N)NC(Nc3ccc(C)cc3)=N2)c2ccccc21. The fourth-order valence-electron chi connectivity index (χ4n) is 3.32. The van der Waals surface area contributed by atoms with Gasteiger partial charge in [-0.1, -0.05) is 35.9 Å². The second-order valence-corrected chi connectivity index (χ2v) is 6.31. The van der Waals surface area contributed by atoms with Crippen LogP contribution < -0.4 is 21.3 Å². The molecule has 1 atom stereocenters. The molecule has 4 rings (SSSR count). The first-order valence-electron chi connectivity index (χ1n) is 8.51. The van der Waals surface area contributed by atoms with Crippen LogP contribution in [0.3, 0.4) is 0 Å². The Hall–Kier alpha value is -3.35. The van der Waals surface area contributed by atoms with Crippen molar-refractivity contribution in [2.75, 3.05) is 16.8 Å². The van der Waals surface area contributed by atoms with E-state index in [1.807, 2.05) is 62.4 Å². The number of guanidine groups is 2. The number of fused-ring (bicyclic) bond motifs is 2. The van der Waals surface area contributed by atoms with Crippen molar-refractivity contribution in [3.05, 3.63) is 59.7 Å². The predicted molar refractivity (Wildman–Crippen MR) is 103 cm³/mol. The van der Waals surface area contributed by atoms with Crippen LogP contribution in [0.15, 0.2) is 58.5 Å². The van der Waals surface area contributed by atoms with E-state index in [4.69, 9.17) is 5.73 Å². The topological polar surface area (TPSA) is 95.1 Å². The molecule has 0 bridgehead atoms. The van der Waals surface area contributed by atoms with Crippen molar-refractivity contribution in [3.8, 4) is 0 Å². The summed E-state index contributed by atoms with van der Waals surface area (Å²) in [6.07, 6.45) is 0. The monoisotopic (exact) mass is 348 g/mol. The molecule has 0 unspecified atom stereocenters. The molecule has 2 heterocycles. The predicted octanol–water partition coefficient (Wildman–Crippen LogP) is 1.90. The van der Waals surface area contributed by atoms with Gasteiger partial charge in [0.1, 0.15) is 0 Å². The van der Waals surface area contributed by atoms with Crippen LogP contribution in [0.4, 0.5) is 11.4 Å². The van der Waals surface area contributed by atoms with Crippen LogP contribution in [-0.2, 0) is 10.5 Å². The summed E-state index contributed by atoms with van der Waals surface area (Å²) >= 11 is 0. The lowest BCUT2D eigenvalue weighted by Crippen LogP contribution is -2.51.